The molecule has 16 heavy (non-hydrogen) atoms. The summed E-state index contributed by atoms with van der Waals surface area (Å²) in [6, 6.07) is 6.08. The second-order valence-electron chi connectivity index (χ2n) is 3.48. The lowest BCUT2D eigenvalue weighted by Crippen LogP contribution is -2.08. The fourth-order valence-corrected chi connectivity index (χ4v) is 1.39. The second-order valence-corrected chi connectivity index (χ2v) is 3.48. The summed E-state index contributed by atoms with van der Waals surface area (Å²) >= 11 is 0. The molecule has 1 aromatic carbocycles. The molecule has 0 aliphatic carbocycles. The first-order valence-electron chi connectivity index (χ1n) is 4.77. The molecular formula is C10H14ClN5. The lowest BCUT2D eigenvalue weighted by molar-refractivity contribution is 0.760. The highest BCUT2D eigenvalue weighted by Gasteiger charge is 2.06. The Morgan fingerprint density at radius 1 is 1.25 bits per heavy atom. The zero-order chi connectivity index (χ0) is 10.8. The van der Waals surface area contributed by atoms with Gasteiger partial charge < -0.3 is 5.73 Å². The zero-order valence-corrected chi connectivity index (χ0v) is 10.0. The highest BCUT2D eigenvalue weighted by Crippen LogP contribution is 2.13. The van der Waals surface area contributed by atoms with Crippen LogP contribution in [0.3, 0.4) is 0 Å². The van der Waals surface area contributed by atoms with Crippen molar-refractivity contribution in [2.75, 3.05) is 0 Å². The van der Waals surface area contributed by atoms with E-state index in [0.717, 1.165) is 5.69 Å². The van der Waals surface area contributed by atoms with Crippen LogP contribution in [0.2, 0.25) is 0 Å². The Bertz CT molecular complexity index is 480. The van der Waals surface area contributed by atoms with E-state index >= 15 is 0 Å². The molecule has 2 rings (SSSR count). The quantitative estimate of drug-likeness (QED) is 0.854. The van der Waals surface area contributed by atoms with Crippen molar-refractivity contribution in [3.8, 4) is 5.69 Å². The summed E-state index contributed by atoms with van der Waals surface area (Å²) in [7, 11) is 0. The third kappa shape index (κ3) is 2.20. The summed E-state index contributed by atoms with van der Waals surface area (Å²) in [5.41, 5.74) is 8.95. The molecule has 2 aromatic rings. The first-order valence-corrected chi connectivity index (χ1v) is 4.77. The Kier molecular flexibility index (Phi) is 3.98. The van der Waals surface area contributed by atoms with Crippen molar-refractivity contribution in [1.29, 1.82) is 0 Å². The van der Waals surface area contributed by atoms with Crippen LogP contribution in [0.1, 0.15) is 17.0 Å². The number of hydrogen-bond donors (Lipinski definition) is 1. The number of benzene rings is 1. The van der Waals surface area contributed by atoms with Crippen molar-refractivity contribution in [3.63, 3.8) is 0 Å². The highest BCUT2D eigenvalue weighted by molar-refractivity contribution is 5.85. The van der Waals surface area contributed by atoms with Crippen molar-refractivity contribution < 1.29 is 0 Å². The lowest BCUT2D eigenvalue weighted by Gasteiger charge is -2.05. The maximum Gasteiger partial charge on any atom is 0.170 e. The summed E-state index contributed by atoms with van der Waals surface area (Å²) < 4.78 is 1.66. The zero-order valence-electron chi connectivity index (χ0n) is 9.21. The average molecular weight is 240 g/mol. The van der Waals surface area contributed by atoms with Gasteiger partial charge in [0, 0.05) is 0 Å². The Balaban J connectivity index is 0.00000128. The number of halogens is 1. The van der Waals surface area contributed by atoms with E-state index in [0.29, 0.717) is 12.4 Å². The van der Waals surface area contributed by atoms with Crippen LogP contribution in [-0.4, -0.2) is 20.2 Å². The van der Waals surface area contributed by atoms with Crippen molar-refractivity contribution in [2.45, 2.75) is 20.4 Å². The number of rotatable bonds is 2. The van der Waals surface area contributed by atoms with Crippen LogP contribution in [0.4, 0.5) is 0 Å². The molecule has 0 spiro atoms. The summed E-state index contributed by atoms with van der Waals surface area (Å²) in [6.07, 6.45) is 0. The Morgan fingerprint density at radius 3 is 2.62 bits per heavy atom. The molecule has 0 fully saturated rings. The normalized spacial score (nSPS) is 9.94. The predicted molar refractivity (Wildman–Crippen MR) is 63.8 cm³/mol. The van der Waals surface area contributed by atoms with Crippen LogP contribution < -0.4 is 5.73 Å². The molecule has 1 aromatic heterocycles. The third-order valence-electron chi connectivity index (χ3n) is 2.45. The molecule has 0 saturated heterocycles. The molecule has 86 valence electrons. The van der Waals surface area contributed by atoms with Gasteiger partial charge in [-0.1, -0.05) is 6.07 Å². The molecule has 0 radical (unpaired) electrons. The second kappa shape index (κ2) is 5.05. The molecule has 5 nitrogen and oxygen atoms in total. The fraction of sp³-hybridized carbons (Fsp3) is 0.300. The van der Waals surface area contributed by atoms with Gasteiger partial charge in [-0.05, 0) is 47.5 Å². The molecular weight excluding hydrogens is 226 g/mol. The van der Waals surface area contributed by atoms with Gasteiger partial charge in [0.25, 0.3) is 0 Å². The Morgan fingerprint density at radius 2 is 2.00 bits per heavy atom. The van der Waals surface area contributed by atoms with Gasteiger partial charge in [0.05, 0.1) is 12.2 Å². The summed E-state index contributed by atoms with van der Waals surface area (Å²) in [4.78, 5) is 0. The van der Waals surface area contributed by atoms with Gasteiger partial charge in [0.2, 0.25) is 0 Å². The minimum Gasteiger partial charge on any atom is -0.324 e. The van der Waals surface area contributed by atoms with Crippen LogP contribution in [0.5, 0.6) is 0 Å². The van der Waals surface area contributed by atoms with Crippen molar-refractivity contribution >= 4 is 12.4 Å². The smallest absolute Gasteiger partial charge is 0.170 e. The van der Waals surface area contributed by atoms with E-state index in [4.69, 9.17) is 5.73 Å². The molecule has 0 amide bonds. The van der Waals surface area contributed by atoms with Crippen molar-refractivity contribution in [1.82, 2.24) is 20.2 Å². The summed E-state index contributed by atoms with van der Waals surface area (Å²) in [5.74, 6) is 0.665. The van der Waals surface area contributed by atoms with Crippen molar-refractivity contribution in [2.24, 2.45) is 5.73 Å². The van der Waals surface area contributed by atoms with Gasteiger partial charge in [-0.2, -0.15) is 4.68 Å². The Hall–Kier alpha value is -1.46. The minimum absolute atomic E-state index is 0. The van der Waals surface area contributed by atoms with E-state index in [1.165, 1.54) is 11.1 Å². The Labute approximate surface area is 100 Å². The largest absolute Gasteiger partial charge is 0.324 e. The van der Waals surface area contributed by atoms with Crippen LogP contribution in [0.25, 0.3) is 5.69 Å². The number of aromatic nitrogens is 4. The highest BCUT2D eigenvalue weighted by atomic mass is 35.5. The summed E-state index contributed by atoms with van der Waals surface area (Å²) in [5, 5.41) is 11.3. The summed E-state index contributed by atoms with van der Waals surface area (Å²) in [6.45, 7) is 4.47. The van der Waals surface area contributed by atoms with Crippen molar-refractivity contribution in [3.05, 3.63) is 35.2 Å². The molecule has 0 atom stereocenters. The van der Waals surface area contributed by atoms with Crippen LogP contribution in [0, 0.1) is 13.8 Å². The van der Waals surface area contributed by atoms with E-state index in [9.17, 15) is 0 Å². The number of nitrogens with two attached hydrogens (primary N) is 1. The van der Waals surface area contributed by atoms with Gasteiger partial charge >= 0.3 is 0 Å². The number of nitrogens with zero attached hydrogens (tertiary/aromatic N) is 4. The molecule has 6 heteroatoms. The van der Waals surface area contributed by atoms with Gasteiger partial charge in [-0.3, -0.25) is 0 Å². The molecule has 1 heterocycles. The number of aryl methyl sites for hydroxylation is 2. The van der Waals surface area contributed by atoms with Crippen LogP contribution in [-0.2, 0) is 6.54 Å². The number of tetrazole rings is 1. The van der Waals surface area contributed by atoms with Gasteiger partial charge in [0.15, 0.2) is 5.82 Å². The SMILES string of the molecule is Cc1ccc(-n2nnnc2CN)cc1C.Cl. The monoisotopic (exact) mass is 239 g/mol. The first kappa shape index (κ1) is 12.6. The van der Waals surface area contributed by atoms with Gasteiger partial charge in [-0.15, -0.1) is 17.5 Å². The molecule has 0 unspecified atom stereocenters. The maximum atomic E-state index is 5.54. The van der Waals surface area contributed by atoms with Crippen LogP contribution >= 0.6 is 12.4 Å². The fourth-order valence-electron chi connectivity index (χ4n) is 1.39. The predicted octanol–water partition coefficient (Wildman–Crippen LogP) is 1.16. The van der Waals surface area contributed by atoms with E-state index in [2.05, 4.69) is 29.4 Å². The van der Waals surface area contributed by atoms with E-state index in [1.54, 1.807) is 4.68 Å². The van der Waals surface area contributed by atoms with Gasteiger partial charge in [-0.25, -0.2) is 0 Å². The molecule has 0 aliphatic heterocycles. The standard InChI is InChI=1S/C10H13N5.ClH/c1-7-3-4-9(5-8(7)2)15-10(6-11)12-13-14-15;/h3-5H,6,11H2,1-2H3;1H. The molecule has 0 saturated carbocycles. The minimum atomic E-state index is 0. The molecule has 0 bridgehead atoms. The lowest BCUT2D eigenvalue weighted by atomic mass is 10.1. The van der Waals surface area contributed by atoms with E-state index in [1.807, 2.05) is 18.2 Å². The topological polar surface area (TPSA) is 69.6 Å². The number of hydrogen-bond acceptors (Lipinski definition) is 4. The molecule has 2 N–H and O–H groups in total. The van der Waals surface area contributed by atoms with E-state index < -0.39 is 0 Å². The average Bonchev–Trinajstić information content (AvgIpc) is 2.70. The third-order valence-corrected chi connectivity index (χ3v) is 2.45. The van der Waals surface area contributed by atoms with E-state index in [-0.39, 0.29) is 12.4 Å². The van der Waals surface area contributed by atoms with Gasteiger partial charge in [0.1, 0.15) is 0 Å². The maximum absolute atomic E-state index is 5.54. The van der Waals surface area contributed by atoms with Crippen LogP contribution in [0.15, 0.2) is 18.2 Å². The first-order chi connectivity index (χ1) is 7.22. The molecule has 0 aliphatic rings.